The number of benzene rings is 1. The van der Waals surface area contributed by atoms with Gasteiger partial charge in [0.25, 0.3) is 0 Å². The fourth-order valence-electron chi connectivity index (χ4n) is 1.76. The van der Waals surface area contributed by atoms with E-state index in [0.29, 0.717) is 0 Å². The summed E-state index contributed by atoms with van der Waals surface area (Å²) in [6, 6.07) is 6.00. The van der Waals surface area contributed by atoms with Crippen molar-refractivity contribution < 1.29 is 8.42 Å². The summed E-state index contributed by atoms with van der Waals surface area (Å²) < 4.78 is 23.1. The SMILES string of the molecule is CCS(=O)(=O)Cc1c[nH]c2cc(C)ccc12. The normalized spacial score (nSPS) is 12.1. The van der Waals surface area contributed by atoms with Gasteiger partial charge in [0.2, 0.25) is 0 Å². The molecule has 4 heteroatoms. The lowest BCUT2D eigenvalue weighted by molar-refractivity contribution is 0.596. The summed E-state index contributed by atoms with van der Waals surface area (Å²) in [5, 5.41) is 1.00. The molecule has 2 rings (SSSR count). The molecule has 0 unspecified atom stereocenters. The zero-order valence-corrected chi connectivity index (χ0v) is 10.3. The second kappa shape index (κ2) is 3.94. The largest absolute Gasteiger partial charge is 0.361 e. The molecule has 2 aromatic rings. The van der Waals surface area contributed by atoms with Gasteiger partial charge in [0.15, 0.2) is 9.84 Å². The number of H-pyrrole nitrogens is 1. The van der Waals surface area contributed by atoms with E-state index in [-0.39, 0.29) is 11.5 Å². The molecule has 0 amide bonds. The van der Waals surface area contributed by atoms with Crippen LogP contribution < -0.4 is 0 Å². The van der Waals surface area contributed by atoms with Crippen molar-refractivity contribution in [2.75, 3.05) is 5.75 Å². The van der Waals surface area contributed by atoms with Crippen LogP contribution in [0.25, 0.3) is 10.9 Å². The maximum atomic E-state index is 11.6. The van der Waals surface area contributed by atoms with E-state index in [1.807, 2.05) is 25.1 Å². The maximum absolute atomic E-state index is 11.6. The number of rotatable bonds is 3. The number of aromatic amines is 1. The van der Waals surface area contributed by atoms with Gasteiger partial charge in [0.05, 0.1) is 5.75 Å². The molecule has 0 saturated carbocycles. The van der Waals surface area contributed by atoms with Crippen LogP contribution in [-0.2, 0) is 15.6 Å². The van der Waals surface area contributed by atoms with E-state index in [1.165, 1.54) is 5.56 Å². The minimum Gasteiger partial charge on any atom is -0.361 e. The minimum absolute atomic E-state index is 0.118. The van der Waals surface area contributed by atoms with Gasteiger partial charge in [0.1, 0.15) is 0 Å². The Hall–Kier alpha value is -1.29. The van der Waals surface area contributed by atoms with Crippen molar-refractivity contribution in [3.05, 3.63) is 35.5 Å². The smallest absolute Gasteiger partial charge is 0.154 e. The fraction of sp³-hybridized carbons (Fsp3) is 0.333. The lowest BCUT2D eigenvalue weighted by Gasteiger charge is -2.00. The predicted molar refractivity (Wildman–Crippen MR) is 66.2 cm³/mol. The molecule has 0 radical (unpaired) electrons. The quantitative estimate of drug-likeness (QED) is 0.891. The molecule has 1 heterocycles. The van der Waals surface area contributed by atoms with Crippen LogP contribution in [0.2, 0.25) is 0 Å². The van der Waals surface area contributed by atoms with E-state index in [0.717, 1.165) is 16.5 Å². The van der Waals surface area contributed by atoms with E-state index < -0.39 is 9.84 Å². The van der Waals surface area contributed by atoms with E-state index in [4.69, 9.17) is 0 Å². The summed E-state index contributed by atoms with van der Waals surface area (Å²) in [7, 11) is -2.96. The Morgan fingerprint density at radius 2 is 2.06 bits per heavy atom. The Kier molecular flexibility index (Phi) is 2.76. The highest BCUT2D eigenvalue weighted by atomic mass is 32.2. The van der Waals surface area contributed by atoms with Crippen LogP contribution in [0.3, 0.4) is 0 Å². The van der Waals surface area contributed by atoms with Crippen molar-refractivity contribution >= 4 is 20.7 Å². The molecule has 0 fully saturated rings. The Bertz CT molecular complexity index is 611. The second-order valence-corrected chi connectivity index (χ2v) is 6.39. The van der Waals surface area contributed by atoms with Crippen molar-refractivity contribution in [2.24, 2.45) is 0 Å². The summed E-state index contributed by atoms with van der Waals surface area (Å²) in [6.07, 6.45) is 1.79. The highest BCUT2D eigenvalue weighted by Crippen LogP contribution is 2.21. The number of sulfone groups is 1. The molecule has 0 saturated heterocycles. The first-order valence-corrected chi connectivity index (χ1v) is 7.11. The van der Waals surface area contributed by atoms with Gasteiger partial charge in [-0.25, -0.2) is 8.42 Å². The maximum Gasteiger partial charge on any atom is 0.154 e. The average molecular weight is 237 g/mol. The molecule has 0 aliphatic rings. The molecule has 0 aliphatic carbocycles. The third kappa shape index (κ3) is 2.11. The predicted octanol–water partition coefficient (Wildman–Crippen LogP) is 2.41. The van der Waals surface area contributed by atoms with Gasteiger partial charge in [-0.15, -0.1) is 0 Å². The topological polar surface area (TPSA) is 49.9 Å². The van der Waals surface area contributed by atoms with E-state index >= 15 is 0 Å². The van der Waals surface area contributed by atoms with Crippen LogP contribution in [-0.4, -0.2) is 19.2 Å². The number of nitrogens with one attached hydrogen (secondary N) is 1. The van der Waals surface area contributed by atoms with Gasteiger partial charge in [0, 0.05) is 22.9 Å². The summed E-state index contributed by atoms with van der Waals surface area (Å²) in [6.45, 7) is 3.69. The molecule has 1 aromatic heterocycles. The van der Waals surface area contributed by atoms with Crippen LogP contribution in [0.1, 0.15) is 18.1 Å². The highest BCUT2D eigenvalue weighted by Gasteiger charge is 2.12. The number of fused-ring (bicyclic) bond motifs is 1. The van der Waals surface area contributed by atoms with Crippen molar-refractivity contribution in [1.82, 2.24) is 4.98 Å². The monoisotopic (exact) mass is 237 g/mol. The van der Waals surface area contributed by atoms with Crippen molar-refractivity contribution in [3.63, 3.8) is 0 Å². The van der Waals surface area contributed by atoms with Gasteiger partial charge in [-0.05, 0) is 24.1 Å². The Morgan fingerprint density at radius 1 is 1.31 bits per heavy atom. The number of aromatic nitrogens is 1. The molecule has 86 valence electrons. The summed E-state index contributed by atoms with van der Waals surface area (Å²) in [4.78, 5) is 3.11. The number of aryl methyl sites for hydroxylation is 1. The average Bonchev–Trinajstić information content (AvgIpc) is 2.60. The van der Waals surface area contributed by atoms with Crippen molar-refractivity contribution in [3.8, 4) is 0 Å². The zero-order valence-electron chi connectivity index (χ0n) is 9.45. The molecule has 1 aromatic carbocycles. The fourth-order valence-corrected chi connectivity index (χ4v) is 2.68. The first-order chi connectivity index (χ1) is 7.52. The van der Waals surface area contributed by atoms with Crippen LogP contribution >= 0.6 is 0 Å². The van der Waals surface area contributed by atoms with Gasteiger partial charge < -0.3 is 4.98 Å². The number of hydrogen-bond donors (Lipinski definition) is 1. The van der Waals surface area contributed by atoms with E-state index in [2.05, 4.69) is 4.98 Å². The molecule has 1 N–H and O–H groups in total. The van der Waals surface area contributed by atoms with Crippen LogP contribution in [0, 0.1) is 6.92 Å². The Labute approximate surface area is 95.4 Å². The Balaban J connectivity index is 2.47. The summed E-state index contributed by atoms with van der Waals surface area (Å²) in [5.41, 5.74) is 3.03. The van der Waals surface area contributed by atoms with Crippen molar-refractivity contribution in [1.29, 1.82) is 0 Å². The van der Waals surface area contributed by atoms with Crippen LogP contribution in [0.4, 0.5) is 0 Å². The van der Waals surface area contributed by atoms with Gasteiger partial charge in [-0.3, -0.25) is 0 Å². The zero-order chi connectivity index (χ0) is 11.8. The first-order valence-electron chi connectivity index (χ1n) is 5.29. The van der Waals surface area contributed by atoms with E-state index in [9.17, 15) is 8.42 Å². The molecule has 0 aliphatic heterocycles. The Morgan fingerprint density at radius 3 is 2.75 bits per heavy atom. The van der Waals surface area contributed by atoms with Crippen molar-refractivity contribution in [2.45, 2.75) is 19.6 Å². The second-order valence-electron chi connectivity index (χ2n) is 4.04. The molecule has 16 heavy (non-hydrogen) atoms. The molecular formula is C12H15NO2S. The van der Waals surface area contributed by atoms with Gasteiger partial charge in [-0.1, -0.05) is 19.1 Å². The lowest BCUT2D eigenvalue weighted by Crippen LogP contribution is -2.05. The summed E-state index contributed by atoms with van der Waals surface area (Å²) in [5.74, 6) is 0.304. The molecule has 3 nitrogen and oxygen atoms in total. The standard InChI is InChI=1S/C12H15NO2S/c1-3-16(14,15)8-10-7-13-12-6-9(2)4-5-11(10)12/h4-7,13H,3,8H2,1-2H3. The van der Waals surface area contributed by atoms with Crippen LogP contribution in [0.5, 0.6) is 0 Å². The van der Waals surface area contributed by atoms with Crippen LogP contribution in [0.15, 0.2) is 24.4 Å². The molecule has 0 atom stereocenters. The highest BCUT2D eigenvalue weighted by molar-refractivity contribution is 7.90. The first kappa shape index (κ1) is 11.2. The van der Waals surface area contributed by atoms with E-state index in [1.54, 1.807) is 13.1 Å². The van der Waals surface area contributed by atoms with Gasteiger partial charge >= 0.3 is 0 Å². The third-order valence-electron chi connectivity index (χ3n) is 2.74. The lowest BCUT2D eigenvalue weighted by atomic mass is 10.1. The third-order valence-corrected chi connectivity index (χ3v) is 4.37. The molecular weight excluding hydrogens is 222 g/mol. The molecule has 0 spiro atoms. The minimum atomic E-state index is -2.96. The molecule has 0 bridgehead atoms. The number of hydrogen-bond acceptors (Lipinski definition) is 2. The van der Waals surface area contributed by atoms with Gasteiger partial charge in [-0.2, -0.15) is 0 Å². The summed E-state index contributed by atoms with van der Waals surface area (Å²) >= 11 is 0.